The molecule has 4 rings (SSSR count). The van der Waals surface area contributed by atoms with Crippen LogP contribution in [0.4, 0.5) is 22.9 Å². The second-order valence-corrected chi connectivity index (χ2v) is 9.81. The molecule has 0 radical (unpaired) electrons. The smallest absolute Gasteiger partial charge is 0.342 e. The summed E-state index contributed by atoms with van der Waals surface area (Å²) < 4.78 is 13.2. The Hall–Kier alpha value is -4.97. The first-order valence-electron chi connectivity index (χ1n) is 13.4. The van der Waals surface area contributed by atoms with Crippen molar-refractivity contribution in [3.8, 4) is 17.0 Å². The molecule has 0 aliphatic carbocycles. The van der Waals surface area contributed by atoms with Crippen molar-refractivity contribution in [3.05, 3.63) is 61.2 Å². The number of aromatic nitrogens is 4. The lowest BCUT2D eigenvalue weighted by Gasteiger charge is -2.25. The first kappa shape index (κ1) is 30.0. The van der Waals surface area contributed by atoms with Crippen molar-refractivity contribution in [1.82, 2.24) is 24.8 Å². The van der Waals surface area contributed by atoms with Crippen molar-refractivity contribution in [2.75, 3.05) is 49.8 Å². The predicted octanol–water partition coefficient (Wildman–Crippen LogP) is 4.13. The van der Waals surface area contributed by atoms with Gasteiger partial charge in [-0.2, -0.15) is 0 Å². The van der Waals surface area contributed by atoms with Crippen molar-refractivity contribution in [3.63, 3.8) is 0 Å². The normalized spacial score (nSPS) is 10.9. The summed E-state index contributed by atoms with van der Waals surface area (Å²) in [4.78, 5) is 40.7. The Bertz CT molecular complexity index is 1610. The fourth-order valence-corrected chi connectivity index (χ4v) is 4.57. The maximum absolute atomic E-state index is 13.1. The van der Waals surface area contributed by atoms with Crippen LogP contribution in [0.2, 0.25) is 0 Å². The van der Waals surface area contributed by atoms with E-state index in [-0.39, 0.29) is 17.6 Å². The molecule has 0 aliphatic rings. The number of nitrogens with one attached hydrogen (secondary N) is 3. The Balaban J connectivity index is 1.92. The van der Waals surface area contributed by atoms with Gasteiger partial charge in [0.25, 0.3) is 0 Å². The fourth-order valence-electron chi connectivity index (χ4n) is 4.57. The van der Waals surface area contributed by atoms with Gasteiger partial charge in [-0.1, -0.05) is 6.58 Å². The number of likely N-dealkylation sites (N-methyl/N-ethyl adjacent to an activating group) is 2. The van der Waals surface area contributed by atoms with E-state index in [1.54, 1.807) is 33.2 Å². The molecule has 1 aromatic carbocycles. The Morgan fingerprint density at radius 1 is 1.21 bits per heavy atom. The minimum absolute atomic E-state index is 0.220. The number of carbonyl (C=O) groups excluding carboxylic acids is 2. The molecular formula is C30H36N8O4. The number of fused-ring (bicyclic) bond motifs is 1. The van der Waals surface area contributed by atoms with Gasteiger partial charge in [-0.15, -0.1) is 0 Å². The molecule has 42 heavy (non-hydrogen) atoms. The first-order chi connectivity index (χ1) is 20.2. The van der Waals surface area contributed by atoms with Crippen molar-refractivity contribution in [1.29, 1.82) is 0 Å². The molecular weight excluding hydrogens is 536 g/mol. The first-order valence-corrected chi connectivity index (χ1v) is 13.4. The molecule has 0 fully saturated rings. The summed E-state index contributed by atoms with van der Waals surface area (Å²) in [5, 5.41) is 10.3. The van der Waals surface area contributed by atoms with E-state index in [1.165, 1.54) is 18.6 Å². The molecule has 12 heteroatoms. The molecule has 0 saturated heterocycles. The highest BCUT2D eigenvalue weighted by Gasteiger charge is 2.26. The van der Waals surface area contributed by atoms with Crippen LogP contribution in [0.1, 0.15) is 24.2 Å². The number of hydrogen-bond donors (Lipinski definition) is 3. The third kappa shape index (κ3) is 6.18. The van der Waals surface area contributed by atoms with Gasteiger partial charge in [-0.05, 0) is 45.2 Å². The number of hydrogen-bond acceptors (Lipinski definition) is 10. The van der Waals surface area contributed by atoms with Crippen molar-refractivity contribution >= 4 is 45.8 Å². The summed E-state index contributed by atoms with van der Waals surface area (Å²) >= 11 is 0. The summed E-state index contributed by atoms with van der Waals surface area (Å²) in [6.45, 7) is 8.58. The van der Waals surface area contributed by atoms with E-state index in [9.17, 15) is 9.59 Å². The zero-order chi connectivity index (χ0) is 30.4. The number of pyridine rings is 1. The summed E-state index contributed by atoms with van der Waals surface area (Å²) in [7, 11) is 7.25. The molecule has 4 aromatic rings. The van der Waals surface area contributed by atoms with Crippen LogP contribution in [-0.2, 0) is 16.6 Å². The maximum Gasteiger partial charge on any atom is 0.342 e. The van der Waals surface area contributed by atoms with Gasteiger partial charge in [0.2, 0.25) is 5.91 Å². The van der Waals surface area contributed by atoms with Gasteiger partial charge in [0.1, 0.15) is 29.1 Å². The molecule has 3 N–H and O–H groups in total. The molecule has 0 bridgehead atoms. The average molecular weight is 573 g/mol. The fraction of sp³-hybridized carbons (Fsp3) is 0.300. The van der Waals surface area contributed by atoms with Crippen LogP contribution in [-0.4, -0.2) is 71.8 Å². The van der Waals surface area contributed by atoms with Crippen LogP contribution >= 0.6 is 0 Å². The number of amides is 1. The molecule has 220 valence electrons. The van der Waals surface area contributed by atoms with Crippen LogP contribution < -0.4 is 25.6 Å². The van der Waals surface area contributed by atoms with Gasteiger partial charge in [-0.25, -0.2) is 19.7 Å². The standard InChI is InChI=1S/C30H36N8O4/c1-8-25(39)35-21-14-22(24(41-7)15-23(21)37(5)13-12-31-4)36-29-26(19-10-9-11-33-28(19)38(29)6)27-20(16-32-17-34-27)30(40)42-18(2)3/h8-11,14-18,31,36H,1,12-13H2,2-7H3,(H,35,39). The quantitative estimate of drug-likeness (QED) is 0.168. The molecule has 1 amide bonds. The SMILES string of the molecule is C=CC(=O)Nc1cc(Nc2c(-c3ncncc3C(=O)OC(C)C)c3cccnc3n2C)c(OC)cc1N(C)CCNC. The minimum atomic E-state index is -0.534. The third-order valence-corrected chi connectivity index (χ3v) is 6.58. The van der Waals surface area contributed by atoms with Gasteiger partial charge in [0.15, 0.2) is 0 Å². The molecule has 3 heterocycles. The average Bonchev–Trinajstić information content (AvgIpc) is 3.26. The number of methoxy groups -OCH3 is 1. The number of benzene rings is 1. The van der Waals surface area contributed by atoms with E-state index >= 15 is 0 Å². The monoisotopic (exact) mass is 572 g/mol. The molecule has 12 nitrogen and oxygen atoms in total. The molecule has 0 saturated carbocycles. The highest BCUT2D eigenvalue weighted by Crippen LogP contribution is 2.43. The van der Waals surface area contributed by atoms with Crippen molar-refractivity contribution in [2.45, 2.75) is 20.0 Å². The van der Waals surface area contributed by atoms with E-state index < -0.39 is 5.97 Å². The third-order valence-electron chi connectivity index (χ3n) is 6.58. The van der Waals surface area contributed by atoms with Crippen molar-refractivity contribution < 1.29 is 19.1 Å². The van der Waals surface area contributed by atoms with Gasteiger partial charge < -0.3 is 34.9 Å². The number of nitrogens with zero attached hydrogens (tertiary/aromatic N) is 5. The molecule has 0 unspecified atom stereocenters. The van der Waals surface area contributed by atoms with E-state index in [1.807, 2.05) is 48.8 Å². The Morgan fingerprint density at radius 3 is 2.69 bits per heavy atom. The van der Waals surface area contributed by atoms with Gasteiger partial charge >= 0.3 is 5.97 Å². The number of ether oxygens (including phenoxy) is 2. The number of carbonyl (C=O) groups is 2. The predicted molar refractivity (Wildman–Crippen MR) is 165 cm³/mol. The number of aryl methyl sites for hydroxylation is 1. The van der Waals surface area contributed by atoms with Crippen LogP contribution in [0.3, 0.4) is 0 Å². The van der Waals surface area contributed by atoms with Crippen molar-refractivity contribution in [2.24, 2.45) is 7.05 Å². The largest absolute Gasteiger partial charge is 0.494 e. The summed E-state index contributed by atoms with van der Waals surface area (Å²) in [5.41, 5.74) is 3.79. The van der Waals surface area contributed by atoms with E-state index in [0.29, 0.717) is 46.4 Å². The van der Waals surface area contributed by atoms with Gasteiger partial charge in [0.05, 0.1) is 41.5 Å². The van der Waals surface area contributed by atoms with E-state index in [4.69, 9.17) is 9.47 Å². The van der Waals surface area contributed by atoms with Gasteiger partial charge in [-0.3, -0.25) is 4.79 Å². The molecule has 0 spiro atoms. The molecule has 0 atom stereocenters. The summed E-state index contributed by atoms with van der Waals surface area (Å²) in [5.74, 6) is 0.243. The van der Waals surface area contributed by atoms with Crippen LogP contribution in [0, 0.1) is 0 Å². The molecule has 0 aliphatic heterocycles. The lowest BCUT2D eigenvalue weighted by Crippen LogP contribution is -2.28. The zero-order valence-electron chi connectivity index (χ0n) is 24.7. The zero-order valence-corrected chi connectivity index (χ0v) is 24.7. The topological polar surface area (TPSA) is 136 Å². The molecule has 3 aromatic heterocycles. The van der Waals surface area contributed by atoms with Crippen LogP contribution in [0.5, 0.6) is 5.75 Å². The number of esters is 1. The van der Waals surface area contributed by atoms with E-state index in [2.05, 4.69) is 37.5 Å². The van der Waals surface area contributed by atoms with Crippen LogP contribution in [0.15, 0.2) is 55.6 Å². The highest BCUT2D eigenvalue weighted by atomic mass is 16.5. The summed E-state index contributed by atoms with van der Waals surface area (Å²) in [6, 6.07) is 7.39. The Morgan fingerprint density at radius 2 is 2.00 bits per heavy atom. The second-order valence-electron chi connectivity index (χ2n) is 9.81. The minimum Gasteiger partial charge on any atom is -0.494 e. The second kappa shape index (κ2) is 13.1. The number of rotatable bonds is 12. The highest BCUT2D eigenvalue weighted by molar-refractivity contribution is 6.07. The Kier molecular flexibility index (Phi) is 9.38. The van der Waals surface area contributed by atoms with Crippen LogP contribution in [0.25, 0.3) is 22.3 Å². The lowest BCUT2D eigenvalue weighted by atomic mass is 10.1. The Labute approximate surface area is 244 Å². The maximum atomic E-state index is 13.1. The van der Waals surface area contributed by atoms with E-state index in [0.717, 1.165) is 17.6 Å². The summed E-state index contributed by atoms with van der Waals surface area (Å²) in [6.07, 6.45) is 5.43. The number of anilines is 4. The van der Waals surface area contributed by atoms with Gasteiger partial charge in [0, 0.05) is 51.0 Å². The lowest BCUT2D eigenvalue weighted by molar-refractivity contribution is -0.111.